The van der Waals surface area contributed by atoms with Gasteiger partial charge in [-0.3, -0.25) is 9.89 Å². The van der Waals surface area contributed by atoms with Crippen molar-refractivity contribution in [3.8, 4) is 5.82 Å². The minimum absolute atomic E-state index is 0.0600. The van der Waals surface area contributed by atoms with E-state index in [0.717, 1.165) is 12.1 Å². The molecule has 3 rings (SSSR count). The van der Waals surface area contributed by atoms with Crippen LogP contribution in [0, 0.1) is 5.82 Å². The molecule has 9 heteroatoms. The third-order valence-corrected chi connectivity index (χ3v) is 3.99. The summed E-state index contributed by atoms with van der Waals surface area (Å²) in [4.78, 5) is 17.1. The van der Waals surface area contributed by atoms with Gasteiger partial charge >= 0.3 is 0 Å². The highest BCUT2D eigenvalue weighted by Gasteiger charge is 2.20. The van der Waals surface area contributed by atoms with Crippen molar-refractivity contribution in [3.05, 3.63) is 49.8 Å². The number of H-pyrrole nitrogens is 1. The molecule has 0 fully saturated rings. The van der Waals surface area contributed by atoms with Crippen LogP contribution in [0.15, 0.2) is 27.6 Å². The highest BCUT2D eigenvalue weighted by molar-refractivity contribution is 9.10. The van der Waals surface area contributed by atoms with Crippen molar-refractivity contribution in [1.82, 2.24) is 19.7 Å². The van der Waals surface area contributed by atoms with Crippen molar-refractivity contribution in [1.29, 1.82) is 0 Å². The predicted octanol–water partition coefficient (Wildman–Crippen LogP) is 2.68. The van der Waals surface area contributed by atoms with Crippen molar-refractivity contribution in [2.75, 3.05) is 0 Å². The minimum atomic E-state index is -0.611. The van der Waals surface area contributed by atoms with Gasteiger partial charge in [-0.25, -0.2) is 13.9 Å². The fourth-order valence-electron chi connectivity index (χ4n) is 2.17. The summed E-state index contributed by atoms with van der Waals surface area (Å²) in [5.74, 6) is 0.0446. The van der Waals surface area contributed by atoms with E-state index in [2.05, 4.69) is 31.1 Å². The molecule has 0 spiro atoms. The van der Waals surface area contributed by atoms with Crippen LogP contribution in [0.3, 0.4) is 0 Å². The normalized spacial score (nSPS) is 12.8. The lowest BCUT2D eigenvalue weighted by Gasteiger charge is -2.15. The zero-order valence-corrected chi connectivity index (χ0v) is 13.6. The zero-order valence-electron chi connectivity index (χ0n) is 11.3. The summed E-state index contributed by atoms with van der Waals surface area (Å²) >= 11 is 9.29. The van der Waals surface area contributed by atoms with Crippen LogP contribution in [0.25, 0.3) is 16.7 Å². The van der Waals surface area contributed by atoms with Gasteiger partial charge in [0.1, 0.15) is 11.6 Å². The molecule has 0 saturated carbocycles. The highest BCUT2D eigenvalue weighted by Crippen LogP contribution is 2.25. The molecule has 3 N–H and O–H groups in total. The van der Waals surface area contributed by atoms with E-state index in [1.807, 2.05) is 0 Å². The molecule has 1 aromatic carbocycles. The Morgan fingerprint density at radius 2 is 2.23 bits per heavy atom. The topological polar surface area (TPSA) is 89.6 Å². The Morgan fingerprint density at radius 1 is 1.50 bits per heavy atom. The summed E-state index contributed by atoms with van der Waals surface area (Å²) in [6, 6.07) is 1.66. The summed E-state index contributed by atoms with van der Waals surface area (Å²) in [6.45, 7) is 1.69. The number of hydrogen-bond donors (Lipinski definition) is 2. The number of aromatic nitrogens is 4. The maximum atomic E-state index is 13.6. The van der Waals surface area contributed by atoms with Crippen molar-refractivity contribution in [3.63, 3.8) is 0 Å². The van der Waals surface area contributed by atoms with Gasteiger partial charge in [-0.15, -0.1) is 0 Å². The van der Waals surface area contributed by atoms with E-state index in [9.17, 15) is 9.18 Å². The van der Waals surface area contributed by atoms with Gasteiger partial charge in [0.15, 0.2) is 5.82 Å². The molecule has 0 aliphatic carbocycles. The Bertz CT molecular complexity index is 936. The van der Waals surface area contributed by atoms with E-state index in [1.54, 1.807) is 6.92 Å². The average Bonchev–Trinajstić information content (AvgIpc) is 2.85. The van der Waals surface area contributed by atoms with Gasteiger partial charge in [-0.1, -0.05) is 11.6 Å². The van der Waals surface area contributed by atoms with E-state index in [0.29, 0.717) is 10.3 Å². The monoisotopic (exact) mass is 385 g/mol. The molecule has 0 saturated heterocycles. The first-order valence-electron chi connectivity index (χ1n) is 6.26. The highest BCUT2D eigenvalue weighted by atomic mass is 79.9. The largest absolute Gasteiger partial charge is 0.322 e. The molecule has 0 radical (unpaired) electrons. The number of aromatic amines is 1. The molecule has 2 heterocycles. The predicted molar refractivity (Wildman–Crippen MR) is 84.8 cm³/mol. The Morgan fingerprint density at radius 3 is 2.82 bits per heavy atom. The van der Waals surface area contributed by atoms with Crippen LogP contribution in [0.5, 0.6) is 0 Å². The number of rotatable bonds is 2. The van der Waals surface area contributed by atoms with Crippen LogP contribution in [-0.4, -0.2) is 19.7 Å². The lowest BCUT2D eigenvalue weighted by Crippen LogP contribution is -2.28. The summed E-state index contributed by atoms with van der Waals surface area (Å²) in [5, 5.41) is 6.68. The molecule has 22 heavy (non-hydrogen) atoms. The number of nitrogens with two attached hydrogens (primary N) is 1. The van der Waals surface area contributed by atoms with Crippen molar-refractivity contribution in [2.45, 2.75) is 13.0 Å². The van der Waals surface area contributed by atoms with Gasteiger partial charge in [0.2, 0.25) is 0 Å². The molecule has 1 unspecified atom stereocenters. The quantitative estimate of drug-likeness (QED) is 0.708. The number of halogens is 3. The average molecular weight is 387 g/mol. The lowest BCUT2D eigenvalue weighted by atomic mass is 10.2. The van der Waals surface area contributed by atoms with E-state index in [-0.39, 0.29) is 21.7 Å². The van der Waals surface area contributed by atoms with Gasteiger partial charge < -0.3 is 5.73 Å². The number of hydrogen-bond acceptors (Lipinski definition) is 4. The summed E-state index contributed by atoms with van der Waals surface area (Å²) < 4.78 is 15.4. The molecule has 0 bridgehead atoms. The molecular weight excluding hydrogens is 377 g/mol. The van der Waals surface area contributed by atoms with Gasteiger partial charge in [-0.2, -0.15) is 5.10 Å². The van der Waals surface area contributed by atoms with Gasteiger partial charge in [0.05, 0.1) is 32.6 Å². The maximum Gasteiger partial charge on any atom is 0.267 e. The standard InChI is InChI=1S/C13H10BrClFN5O/c1-5(17)11-19-10-7(2-6(16)3-9(10)15)13(22)21(11)12-8(14)4-18-20-12/h2-5H,17H2,1H3,(H,18,20). The van der Waals surface area contributed by atoms with Crippen LogP contribution in [0.1, 0.15) is 18.8 Å². The second-order valence-electron chi connectivity index (χ2n) is 4.75. The molecule has 0 aliphatic rings. The molecule has 6 nitrogen and oxygen atoms in total. The number of fused-ring (bicyclic) bond motifs is 1. The van der Waals surface area contributed by atoms with Crippen molar-refractivity contribution < 1.29 is 4.39 Å². The second kappa shape index (κ2) is 5.45. The zero-order chi connectivity index (χ0) is 16.0. The molecule has 1 atom stereocenters. The van der Waals surface area contributed by atoms with Gasteiger partial charge in [0.25, 0.3) is 5.56 Å². The van der Waals surface area contributed by atoms with Crippen LogP contribution in [-0.2, 0) is 0 Å². The Labute approximate surface area is 137 Å². The third-order valence-electron chi connectivity index (χ3n) is 3.12. The molecule has 2 aromatic heterocycles. The molecule has 3 aromatic rings. The lowest BCUT2D eigenvalue weighted by molar-refractivity contribution is 0.628. The molecule has 0 amide bonds. The van der Waals surface area contributed by atoms with Crippen LogP contribution in [0.2, 0.25) is 5.02 Å². The first kappa shape index (κ1) is 15.1. The minimum Gasteiger partial charge on any atom is -0.322 e. The third kappa shape index (κ3) is 2.33. The van der Waals surface area contributed by atoms with E-state index in [4.69, 9.17) is 17.3 Å². The number of nitrogens with zero attached hydrogens (tertiary/aromatic N) is 3. The molecular formula is C13H10BrClFN5O. The summed E-state index contributed by atoms with van der Waals surface area (Å²) in [6.07, 6.45) is 1.50. The maximum absolute atomic E-state index is 13.6. The fourth-order valence-corrected chi connectivity index (χ4v) is 2.79. The summed E-state index contributed by atoms with van der Waals surface area (Å²) in [7, 11) is 0. The van der Waals surface area contributed by atoms with Gasteiger partial charge in [-0.05, 0) is 35.0 Å². The SMILES string of the molecule is CC(N)c1nc2c(Cl)cc(F)cc2c(=O)n1-c1[nH]ncc1Br. The van der Waals surface area contributed by atoms with E-state index >= 15 is 0 Å². The molecule has 114 valence electrons. The number of benzene rings is 1. The van der Waals surface area contributed by atoms with Crippen LogP contribution < -0.4 is 11.3 Å². The van der Waals surface area contributed by atoms with Gasteiger partial charge in [0, 0.05) is 0 Å². The van der Waals surface area contributed by atoms with E-state index in [1.165, 1.54) is 10.8 Å². The first-order chi connectivity index (χ1) is 10.4. The smallest absolute Gasteiger partial charge is 0.267 e. The Hall–Kier alpha value is -1.77. The second-order valence-corrected chi connectivity index (χ2v) is 6.01. The molecule has 0 aliphatic heterocycles. The van der Waals surface area contributed by atoms with Crippen molar-refractivity contribution in [2.24, 2.45) is 5.73 Å². The van der Waals surface area contributed by atoms with Crippen molar-refractivity contribution >= 4 is 38.4 Å². The first-order valence-corrected chi connectivity index (χ1v) is 7.43. The Kier molecular flexibility index (Phi) is 3.75. The van der Waals surface area contributed by atoms with Crippen LogP contribution >= 0.6 is 27.5 Å². The van der Waals surface area contributed by atoms with E-state index < -0.39 is 17.4 Å². The fraction of sp³-hybridized carbons (Fsp3) is 0.154. The number of nitrogens with one attached hydrogen (secondary N) is 1. The van der Waals surface area contributed by atoms with Crippen LogP contribution in [0.4, 0.5) is 4.39 Å². The summed E-state index contributed by atoms with van der Waals surface area (Å²) in [5.41, 5.74) is 5.65. The Balaban J connectivity index is 2.50.